The largest absolute Gasteiger partial charge is 0.321 e. The Hall–Kier alpha value is -3.09. The molecule has 0 spiro atoms. The zero-order chi connectivity index (χ0) is 21.5. The minimum absolute atomic E-state index is 0.311. The van der Waals surface area contributed by atoms with Gasteiger partial charge in [0.25, 0.3) is 15.9 Å². The first-order valence-electron chi connectivity index (χ1n) is 9.26. The van der Waals surface area contributed by atoms with Crippen molar-refractivity contribution >= 4 is 44.5 Å². The summed E-state index contributed by atoms with van der Waals surface area (Å²) in [6.07, 6.45) is 0. The van der Waals surface area contributed by atoms with E-state index in [2.05, 4.69) is 5.32 Å². The van der Waals surface area contributed by atoms with Crippen molar-refractivity contribution in [2.24, 2.45) is 0 Å². The molecular formula is C23H19ClN2O3S. The third-order valence-electron chi connectivity index (χ3n) is 5.07. The highest BCUT2D eigenvalue weighted by molar-refractivity contribution is 7.97. The number of benzene rings is 3. The summed E-state index contributed by atoms with van der Waals surface area (Å²) in [4.78, 5) is 13.0. The van der Waals surface area contributed by atoms with Gasteiger partial charge in [0.05, 0.1) is 5.69 Å². The molecule has 30 heavy (non-hydrogen) atoms. The van der Waals surface area contributed by atoms with Crippen LogP contribution in [-0.4, -0.2) is 21.4 Å². The van der Waals surface area contributed by atoms with Crippen LogP contribution in [0.5, 0.6) is 0 Å². The van der Waals surface area contributed by atoms with Crippen LogP contribution >= 0.6 is 11.6 Å². The third kappa shape index (κ3) is 3.38. The van der Waals surface area contributed by atoms with Gasteiger partial charge in [-0.25, -0.2) is 8.42 Å². The molecule has 3 aromatic carbocycles. The predicted molar refractivity (Wildman–Crippen MR) is 121 cm³/mol. The summed E-state index contributed by atoms with van der Waals surface area (Å²) >= 11 is 6.23. The molecule has 1 N–H and O–H groups in total. The van der Waals surface area contributed by atoms with Gasteiger partial charge in [-0.15, -0.1) is 0 Å². The van der Waals surface area contributed by atoms with Gasteiger partial charge in [0.2, 0.25) is 0 Å². The number of amides is 1. The van der Waals surface area contributed by atoms with Crippen LogP contribution < -0.4 is 9.62 Å². The second-order valence-corrected chi connectivity index (χ2v) is 9.32. The first-order chi connectivity index (χ1) is 14.3. The minimum Gasteiger partial charge on any atom is -0.321 e. The van der Waals surface area contributed by atoms with Crippen molar-refractivity contribution in [3.05, 3.63) is 99.4 Å². The van der Waals surface area contributed by atoms with Gasteiger partial charge in [-0.3, -0.25) is 9.10 Å². The average molecular weight is 439 g/mol. The van der Waals surface area contributed by atoms with E-state index in [-0.39, 0.29) is 4.91 Å². The highest BCUT2D eigenvalue weighted by Gasteiger charge is 2.39. The van der Waals surface area contributed by atoms with Crippen LogP contribution in [0.25, 0.3) is 5.57 Å². The summed E-state index contributed by atoms with van der Waals surface area (Å²) in [5, 5.41) is 3.22. The highest BCUT2D eigenvalue weighted by atomic mass is 35.5. The molecule has 0 atom stereocenters. The van der Waals surface area contributed by atoms with Crippen molar-refractivity contribution in [1.82, 2.24) is 0 Å². The monoisotopic (exact) mass is 438 g/mol. The van der Waals surface area contributed by atoms with E-state index in [4.69, 9.17) is 11.6 Å². The lowest BCUT2D eigenvalue weighted by atomic mass is 9.95. The number of fused-ring (bicyclic) bond motifs is 1. The van der Waals surface area contributed by atoms with Crippen molar-refractivity contribution in [3.63, 3.8) is 0 Å². The number of sulfonamides is 1. The van der Waals surface area contributed by atoms with E-state index < -0.39 is 15.9 Å². The number of rotatable bonds is 3. The molecule has 1 aliphatic heterocycles. The molecule has 4 rings (SSSR count). The van der Waals surface area contributed by atoms with Crippen molar-refractivity contribution in [2.45, 2.75) is 6.92 Å². The fraction of sp³-hybridized carbons (Fsp3) is 0.0870. The number of aryl methyl sites for hydroxylation is 1. The topological polar surface area (TPSA) is 66.5 Å². The molecule has 0 saturated heterocycles. The van der Waals surface area contributed by atoms with E-state index in [1.165, 1.54) is 7.05 Å². The number of para-hydroxylation sites is 1. The van der Waals surface area contributed by atoms with E-state index in [9.17, 15) is 13.2 Å². The van der Waals surface area contributed by atoms with Gasteiger partial charge in [-0.05, 0) is 42.3 Å². The van der Waals surface area contributed by atoms with E-state index in [0.29, 0.717) is 33.1 Å². The van der Waals surface area contributed by atoms with Gasteiger partial charge in [-0.1, -0.05) is 60.1 Å². The molecule has 0 aromatic heterocycles. The molecule has 0 unspecified atom stereocenters. The second kappa shape index (κ2) is 7.63. The van der Waals surface area contributed by atoms with Crippen LogP contribution in [0.3, 0.4) is 0 Å². The molecule has 3 aromatic rings. The number of nitrogens with one attached hydrogen (secondary N) is 1. The van der Waals surface area contributed by atoms with Crippen molar-refractivity contribution in [2.75, 3.05) is 16.7 Å². The number of halogens is 1. The van der Waals surface area contributed by atoms with E-state index in [1.54, 1.807) is 54.6 Å². The Morgan fingerprint density at radius 3 is 2.33 bits per heavy atom. The Morgan fingerprint density at radius 1 is 0.967 bits per heavy atom. The van der Waals surface area contributed by atoms with Crippen molar-refractivity contribution in [1.29, 1.82) is 0 Å². The summed E-state index contributed by atoms with van der Waals surface area (Å²) < 4.78 is 28.0. The molecule has 7 heteroatoms. The van der Waals surface area contributed by atoms with Gasteiger partial charge in [-0.2, -0.15) is 0 Å². The summed E-state index contributed by atoms with van der Waals surface area (Å²) in [7, 11) is -2.66. The number of anilines is 2. The summed E-state index contributed by atoms with van der Waals surface area (Å²) in [5.41, 5.74) is 3.38. The smallest absolute Gasteiger partial charge is 0.270 e. The first-order valence-corrected chi connectivity index (χ1v) is 11.1. The lowest BCUT2D eigenvalue weighted by Gasteiger charge is -2.31. The Labute approximate surface area is 180 Å². The predicted octanol–water partition coefficient (Wildman–Crippen LogP) is 4.83. The van der Waals surface area contributed by atoms with E-state index in [1.807, 2.05) is 25.1 Å². The number of nitrogens with zero attached hydrogens (tertiary/aromatic N) is 1. The molecular weight excluding hydrogens is 420 g/mol. The molecule has 1 aliphatic rings. The molecule has 1 heterocycles. The first kappa shape index (κ1) is 20.2. The maximum Gasteiger partial charge on any atom is 0.270 e. The molecule has 0 radical (unpaired) electrons. The van der Waals surface area contributed by atoms with Crippen molar-refractivity contribution < 1.29 is 13.2 Å². The summed E-state index contributed by atoms with van der Waals surface area (Å²) in [5.74, 6) is -0.694. The highest BCUT2D eigenvalue weighted by Crippen LogP contribution is 2.43. The standard InChI is InChI=1S/C23H19ClN2O3S/c1-15-8-6-7-11-19(15)25-23(27)22-21(16-9-4-3-5-10-16)18-14-17(24)12-13-20(18)26(2)30(22,28)29/h3-14H,1-2H3,(H,25,27). The lowest BCUT2D eigenvalue weighted by molar-refractivity contribution is -0.112. The van der Waals surface area contributed by atoms with Crippen LogP contribution in [0.15, 0.2) is 77.7 Å². The van der Waals surface area contributed by atoms with Crippen LogP contribution in [-0.2, 0) is 14.8 Å². The maximum atomic E-state index is 13.4. The maximum absolute atomic E-state index is 13.4. The van der Waals surface area contributed by atoms with Gasteiger partial charge in [0.15, 0.2) is 4.91 Å². The number of hydrogen-bond donors (Lipinski definition) is 1. The third-order valence-corrected chi connectivity index (χ3v) is 7.13. The quantitative estimate of drug-likeness (QED) is 0.637. The summed E-state index contributed by atoms with van der Waals surface area (Å²) in [6.45, 7) is 1.85. The van der Waals surface area contributed by atoms with Gasteiger partial charge >= 0.3 is 0 Å². The SMILES string of the molecule is Cc1ccccc1NC(=O)C1=C(c2ccccc2)c2cc(Cl)ccc2N(C)S1(=O)=O. The number of hydrogen-bond acceptors (Lipinski definition) is 3. The molecule has 1 amide bonds. The fourth-order valence-corrected chi connectivity index (χ4v) is 5.15. The minimum atomic E-state index is -4.10. The van der Waals surface area contributed by atoms with Crippen LogP contribution in [0.2, 0.25) is 5.02 Å². The van der Waals surface area contributed by atoms with Crippen molar-refractivity contribution in [3.8, 4) is 0 Å². The summed E-state index contributed by atoms with van der Waals surface area (Å²) in [6, 6.07) is 21.2. The van der Waals surface area contributed by atoms with Crippen LogP contribution in [0.4, 0.5) is 11.4 Å². The lowest BCUT2D eigenvalue weighted by Crippen LogP contribution is -2.37. The van der Waals surface area contributed by atoms with E-state index >= 15 is 0 Å². The van der Waals surface area contributed by atoms with Crippen LogP contribution in [0, 0.1) is 6.92 Å². The Morgan fingerprint density at radius 2 is 1.63 bits per heavy atom. The molecule has 0 fully saturated rings. The molecule has 0 saturated carbocycles. The Kier molecular flexibility index (Phi) is 5.13. The second-order valence-electron chi connectivity index (χ2n) is 6.97. The van der Waals surface area contributed by atoms with Gasteiger partial charge in [0.1, 0.15) is 0 Å². The zero-order valence-corrected chi connectivity index (χ0v) is 18.0. The van der Waals surface area contributed by atoms with Crippen LogP contribution in [0.1, 0.15) is 16.7 Å². The normalized spacial score (nSPS) is 15.0. The van der Waals surface area contributed by atoms with Gasteiger partial charge in [0, 0.05) is 28.9 Å². The zero-order valence-electron chi connectivity index (χ0n) is 16.4. The Bertz CT molecular complexity index is 1280. The molecule has 0 aliphatic carbocycles. The molecule has 152 valence electrons. The number of carbonyl (C=O) groups is 1. The number of carbonyl (C=O) groups excluding carboxylic acids is 1. The molecule has 0 bridgehead atoms. The van der Waals surface area contributed by atoms with Gasteiger partial charge < -0.3 is 5.32 Å². The van der Waals surface area contributed by atoms with E-state index in [0.717, 1.165) is 9.87 Å². The Balaban J connectivity index is 2.01. The fourth-order valence-electron chi connectivity index (χ4n) is 3.52. The molecule has 5 nitrogen and oxygen atoms in total. The average Bonchev–Trinajstić information content (AvgIpc) is 2.72.